The van der Waals surface area contributed by atoms with E-state index in [9.17, 15) is 9.59 Å². The van der Waals surface area contributed by atoms with Crippen LogP contribution in [0.2, 0.25) is 0 Å². The molecule has 5 aliphatic rings. The van der Waals surface area contributed by atoms with Crippen LogP contribution in [0.15, 0.2) is 18.2 Å². The second-order valence-corrected chi connectivity index (χ2v) is 8.43. The Hall–Kier alpha value is -1.84. The molecule has 26 heavy (non-hydrogen) atoms. The highest BCUT2D eigenvalue weighted by Crippen LogP contribution is 2.54. The van der Waals surface area contributed by atoms with Crippen LogP contribution in [0.1, 0.15) is 60.9 Å². The summed E-state index contributed by atoms with van der Waals surface area (Å²) < 4.78 is 10.3. The molecule has 4 nitrogen and oxygen atoms in total. The van der Waals surface area contributed by atoms with Crippen molar-refractivity contribution in [2.24, 2.45) is 23.7 Å². The molecule has 0 spiro atoms. The third-order valence-electron chi connectivity index (χ3n) is 6.82. The molecule has 0 aromatic heterocycles. The molecule has 6 rings (SSSR count). The Morgan fingerprint density at radius 2 is 1.69 bits per heavy atom. The van der Waals surface area contributed by atoms with E-state index in [1.807, 2.05) is 18.2 Å². The Morgan fingerprint density at radius 1 is 1.00 bits per heavy atom. The maximum atomic E-state index is 11.5. The number of ketones is 1. The smallest absolute Gasteiger partial charge is 0.293 e. The summed E-state index contributed by atoms with van der Waals surface area (Å²) in [7, 11) is 1.62. The molecule has 5 aliphatic carbocycles. The van der Waals surface area contributed by atoms with Gasteiger partial charge in [0.25, 0.3) is 6.47 Å². The van der Waals surface area contributed by atoms with Gasteiger partial charge in [-0.25, -0.2) is 0 Å². The van der Waals surface area contributed by atoms with Crippen LogP contribution in [-0.2, 0) is 16.0 Å². The largest absolute Gasteiger partial charge is 0.497 e. The molecule has 0 saturated heterocycles. The number of aryl methyl sites for hydroxylation is 1. The average molecular weight is 356 g/mol. The first kappa shape index (κ1) is 17.6. The summed E-state index contributed by atoms with van der Waals surface area (Å²) in [4.78, 5) is 21.9. The number of hydrogen-bond donors (Lipinski definition) is 0. The van der Waals surface area contributed by atoms with Crippen molar-refractivity contribution < 1.29 is 19.1 Å². The van der Waals surface area contributed by atoms with Gasteiger partial charge in [-0.15, -0.1) is 0 Å². The zero-order chi connectivity index (χ0) is 18.1. The lowest BCUT2D eigenvalue weighted by Crippen LogP contribution is -2.49. The normalized spacial score (nSPS) is 33.7. The predicted octanol–water partition coefficient (Wildman–Crippen LogP) is 4.20. The Labute approximate surface area is 155 Å². The minimum atomic E-state index is 0.250. The number of methoxy groups -OCH3 is 1. The fourth-order valence-electron chi connectivity index (χ4n) is 5.90. The summed E-state index contributed by atoms with van der Waals surface area (Å²) in [6.07, 6.45) is 9.73. The minimum absolute atomic E-state index is 0.250. The highest BCUT2D eigenvalue weighted by molar-refractivity contribution is 5.98. The lowest BCUT2D eigenvalue weighted by Gasteiger charge is -2.53. The third kappa shape index (κ3) is 3.38. The van der Waals surface area contributed by atoms with E-state index in [1.165, 1.54) is 32.1 Å². The molecule has 0 unspecified atom stereocenters. The van der Waals surface area contributed by atoms with Crippen LogP contribution in [0.3, 0.4) is 0 Å². The molecule has 4 bridgehead atoms. The number of rotatable bonds is 3. The van der Waals surface area contributed by atoms with Gasteiger partial charge in [0.15, 0.2) is 5.78 Å². The van der Waals surface area contributed by atoms with Gasteiger partial charge in [0, 0.05) is 12.0 Å². The lowest BCUT2D eigenvalue weighted by molar-refractivity contribution is -0.156. The Balaban J connectivity index is 0.000000129. The van der Waals surface area contributed by atoms with Gasteiger partial charge in [-0.1, -0.05) is 6.07 Å². The second-order valence-electron chi connectivity index (χ2n) is 8.43. The highest BCUT2D eigenvalue weighted by atomic mass is 16.5. The van der Waals surface area contributed by atoms with Crippen LogP contribution in [0.5, 0.6) is 5.75 Å². The summed E-state index contributed by atoms with van der Waals surface area (Å²) in [6, 6.07) is 5.75. The van der Waals surface area contributed by atoms with Crippen molar-refractivity contribution in [3.05, 3.63) is 29.3 Å². The summed E-state index contributed by atoms with van der Waals surface area (Å²) in [5.74, 6) is 4.38. The maximum Gasteiger partial charge on any atom is 0.293 e. The number of carbonyl (C=O) groups is 2. The van der Waals surface area contributed by atoms with Gasteiger partial charge in [-0.05, 0) is 86.3 Å². The number of ether oxygens (including phenoxy) is 2. The maximum absolute atomic E-state index is 11.5. The summed E-state index contributed by atoms with van der Waals surface area (Å²) >= 11 is 0. The van der Waals surface area contributed by atoms with Crippen LogP contribution in [0, 0.1) is 23.7 Å². The van der Waals surface area contributed by atoms with E-state index in [1.54, 1.807) is 7.11 Å². The van der Waals surface area contributed by atoms with E-state index < -0.39 is 0 Å². The standard InChI is InChI=1S/C11H16O2.C11H12O2/c12-6-13-11-9-2-7-1-8(4-9)5-10(11)3-7;1-13-9-6-5-8-3-2-4-11(12)10(8)7-9/h6-11H,1-5H2;5-7H,2-4H2,1H3. The first-order valence-electron chi connectivity index (χ1n) is 9.97. The molecule has 1 aromatic carbocycles. The van der Waals surface area contributed by atoms with Crippen molar-refractivity contribution >= 4 is 12.3 Å². The fourth-order valence-corrected chi connectivity index (χ4v) is 5.90. The summed E-state index contributed by atoms with van der Waals surface area (Å²) in [5.41, 5.74) is 2.02. The molecule has 1 aromatic rings. The summed E-state index contributed by atoms with van der Waals surface area (Å²) in [5, 5.41) is 0. The van der Waals surface area contributed by atoms with Gasteiger partial charge < -0.3 is 9.47 Å². The van der Waals surface area contributed by atoms with Crippen LogP contribution in [-0.4, -0.2) is 25.5 Å². The van der Waals surface area contributed by atoms with E-state index in [0.717, 1.165) is 41.6 Å². The fraction of sp³-hybridized carbons (Fsp3) is 0.636. The van der Waals surface area contributed by atoms with Gasteiger partial charge in [0.05, 0.1) is 7.11 Å². The number of benzene rings is 1. The Morgan fingerprint density at radius 3 is 2.31 bits per heavy atom. The van der Waals surface area contributed by atoms with Crippen molar-refractivity contribution in [2.75, 3.05) is 7.11 Å². The second kappa shape index (κ2) is 7.42. The van der Waals surface area contributed by atoms with Crippen molar-refractivity contribution in [3.8, 4) is 5.75 Å². The van der Waals surface area contributed by atoms with Crippen LogP contribution in [0.25, 0.3) is 0 Å². The molecule has 0 N–H and O–H groups in total. The molecule has 4 heteroatoms. The van der Waals surface area contributed by atoms with Gasteiger partial charge in [-0.3, -0.25) is 9.59 Å². The van der Waals surface area contributed by atoms with Gasteiger partial charge >= 0.3 is 0 Å². The van der Waals surface area contributed by atoms with Crippen molar-refractivity contribution in [2.45, 2.75) is 57.5 Å². The first-order chi connectivity index (χ1) is 12.7. The van der Waals surface area contributed by atoms with Crippen LogP contribution < -0.4 is 4.74 Å². The number of hydrogen-bond acceptors (Lipinski definition) is 4. The first-order valence-corrected chi connectivity index (χ1v) is 9.97. The number of Topliss-reactive ketones (excluding diaryl/α,β-unsaturated/α-hetero) is 1. The van der Waals surface area contributed by atoms with E-state index in [-0.39, 0.29) is 11.9 Å². The molecule has 140 valence electrons. The molecular weight excluding hydrogens is 328 g/mol. The monoisotopic (exact) mass is 356 g/mol. The molecule has 0 atom stereocenters. The van der Waals surface area contributed by atoms with Crippen LogP contribution >= 0.6 is 0 Å². The molecule has 4 saturated carbocycles. The minimum Gasteiger partial charge on any atom is -0.497 e. The zero-order valence-corrected chi connectivity index (χ0v) is 15.5. The zero-order valence-electron chi connectivity index (χ0n) is 15.5. The molecule has 0 heterocycles. The topological polar surface area (TPSA) is 52.6 Å². The average Bonchev–Trinajstić information content (AvgIpc) is 2.65. The molecule has 0 radical (unpaired) electrons. The Kier molecular flexibility index (Phi) is 5.01. The predicted molar refractivity (Wildman–Crippen MR) is 98.2 cm³/mol. The van der Waals surface area contributed by atoms with E-state index in [2.05, 4.69) is 0 Å². The number of fused-ring (bicyclic) bond motifs is 1. The molecular formula is C22H28O4. The van der Waals surface area contributed by atoms with Crippen molar-refractivity contribution in [3.63, 3.8) is 0 Å². The third-order valence-corrected chi connectivity index (χ3v) is 6.82. The van der Waals surface area contributed by atoms with Crippen molar-refractivity contribution in [1.29, 1.82) is 0 Å². The van der Waals surface area contributed by atoms with E-state index in [4.69, 9.17) is 9.47 Å². The quantitative estimate of drug-likeness (QED) is 0.762. The van der Waals surface area contributed by atoms with E-state index in [0.29, 0.717) is 24.7 Å². The summed E-state index contributed by atoms with van der Waals surface area (Å²) in [6.45, 7) is 0.660. The van der Waals surface area contributed by atoms with Crippen molar-refractivity contribution in [1.82, 2.24) is 0 Å². The number of carbonyl (C=O) groups excluding carboxylic acids is 2. The molecule has 0 aliphatic heterocycles. The van der Waals surface area contributed by atoms with Crippen LogP contribution in [0.4, 0.5) is 0 Å². The van der Waals surface area contributed by atoms with Gasteiger partial charge in [-0.2, -0.15) is 0 Å². The highest BCUT2D eigenvalue weighted by Gasteiger charge is 2.49. The molecule has 4 fully saturated rings. The lowest BCUT2D eigenvalue weighted by atomic mass is 9.55. The van der Waals surface area contributed by atoms with E-state index >= 15 is 0 Å². The molecule has 0 amide bonds. The van der Waals surface area contributed by atoms with Gasteiger partial charge in [0.2, 0.25) is 0 Å². The Bertz CT molecular complexity index is 653. The van der Waals surface area contributed by atoms with Gasteiger partial charge in [0.1, 0.15) is 11.9 Å². The SMILES string of the molecule is COc1ccc2c(c1)C(=O)CCC2.O=COC1C2CC3CC(C2)CC1C3.